The Labute approximate surface area is 136 Å². The molecule has 1 unspecified atom stereocenters. The third-order valence-corrected chi connectivity index (χ3v) is 3.17. The highest BCUT2D eigenvalue weighted by atomic mass is 79.9. The second-order valence-corrected chi connectivity index (χ2v) is 5.47. The summed E-state index contributed by atoms with van der Waals surface area (Å²) in [5, 5.41) is 4.63. The molecule has 8 heteroatoms. The van der Waals surface area contributed by atoms with Gasteiger partial charge in [0.15, 0.2) is 6.10 Å². The van der Waals surface area contributed by atoms with E-state index < -0.39 is 18.0 Å². The van der Waals surface area contributed by atoms with Crippen LogP contribution in [0, 0.1) is 0 Å². The predicted molar refractivity (Wildman–Crippen MR) is 87.3 cm³/mol. The lowest BCUT2D eigenvalue weighted by molar-refractivity contribution is -0.126. The van der Waals surface area contributed by atoms with Crippen molar-refractivity contribution in [2.24, 2.45) is 5.73 Å². The van der Waals surface area contributed by atoms with Crippen LogP contribution in [0.4, 0.5) is 4.79 Å². The maximum atomic E-state index is 11.8. The molecule has 3 amide bonds. The fraction of sp³-hybridized carbons (Fsp3) is 0.308. The van der Waals surface area contributed by atoms with Gasteiger partial charge >= 0.3 is 6.03 Å². The van der Waals surface area contributed by atoms with E-state index in [9.17, 15) is 9.59 Å². The molecular formula is C13H16BrN3O3S. The van der Waals surface area contributed by atoms with Crippen LogP contribution in [0.3, 0.4) is 0 Å². The van der Waals surface area contributed by atoms with Gasteiger partial charge in [-0.15, -0.1) is 0 Å². The van der Waals surface area contributed by atoms with Gasteiger partial charge in [0.05, 0.1) is 5.56 Å². The number of hydrogen-bond acceptors (Lipinski definition) is 4. The highest BCUT2D eigenvalue weighted by Crippen LogP contribution is 2.24. The average Bonchev–Trinajstić information content (AvgIpc) is 2.40. The molecule has 1 atom stereocenters. The molecular weight excluding hydrogens is 358 g/mol. The first-order chi connectivity index (χ1) is 9.85. The van der Waals surface area contributed by atoms with Crippen LogP contribution >= 0.6 is 28.1 Å². The lowest BCUT2D eigenvalue weighted by atomic mass is 10.2. The summed E-state index contributed by atoms with van der Waals surface area (Å²) in [4.78, 5) is 23.3. The van der Waals surface area contributed by atoms with E-state index in [0.717, 1.165) is 4.47 Å². The maximum absolute atomic E-state index is 11.8. The third kappa shape index (κ3) is 5.31. The van der Waals surface area contributed by atoms with Crippen molar-refractivity contribution in [2.45, 2.75) is 20.0 Å². The standard InChI is InChI=1S/C13H16BrN3O3S/c1-3-16-13(19)17-12(18)7(2)20-10-5-4-8(14)6-9(10)11(15)21/h4-7H,3H2,1-2H3,(H2,15,21)(H2,16,17,18,19). The number of benzene rings is 1. The quantitative estimate of drug-likeness (QED) is 0.682. The van der Waals surface area contributed by atoms with E-state index in [1.165, 1.54) is 6.92 Å². The highest BCUT2D eigenvalue weighted by Gasteiger charge is 2.19. The number of nitrogens with two attached hydrogens (primary N) is 1. The summed E-state index contributed by atoms with van der Waals surface area (Å²) in [6.07, 6.45) is -0.873. The van der Waals surface area contributed by atoms with Gasteiger partial charge in [0.1, 0.15) is 10.7 Å². The summed E-state index contributed by atoms with van der Waals surface area (Å²) in [6.45, 7) is 3.70. The number of thiocarbonyl (C=S) groups is 1. The van der Waals surface area contributed by atoms with Crippen LogP contribution in [0.25, 0.3) is 0 Å². The summed E-state index contributed by atoms with van der Waals surface area (Å²) >= 11 is 8.25. The minimum absolute atomic E-state index is 0.155. The Hall–Kier alpha value is -1.67. The summed E-state index contributed by atoms with van der Waals surface area (Å²) in [7, 11) is 0. The van der Waals surface area contributed by atoms with Crippen LogP contribution in [-0.2, 0) is 4.79 Å². The minimum Gasteiger partial charge on any atom is -0.480 e. The average molecular weight is 374 g/mol. The molecule has 0 aromatic heterocycles. The smallest absolute Gasteiger partial charge is 0.321 e. The van der Waals surface area contributed by atoms with E-state index in [4.69, 9.17) is 22.7 Å². The van der Waals surface area contributed by atoms with Crippen LogP contribution in [0.1, 0.15) is 19.4 Å². The number of imide groups is 1. The van der Waals surface area contributed by atoms with Crippen LogP contribution < -0.4 is 21.1 Å². The molecule has 0 bridgehead atoms. The van der Waals surface area contributed by atoms with Crippen molar-refractivity contribution in [3.8, 4) is 5.75 Å². The number of hydrogen-bond donors (Lipinski definition) is 3. The van der Waals surface area contributed by atoms with Crippen molar-refractivity contribution in [2.75, 3.05) is 6.54 Å². The summed E-state index contributed by atoms with van der Waals surface area (Å²) < 4.78 is 6.31. The van der Waals surface area contributed by atoms with Crippen molar-refractivity contribution in [1.82, 2.24) is 10.6 Å². The fourth-order valence-electron chi connectivity index (χ4n) is 1.46. The Morgan fingerprint density at radius 1 is 1.48 bits per heavy atom. The van der Waals surface area contributed by atoms with Crippen molar-refractivity contribution in [1.29, 1.82) is 0 Å². The highest BCUT2D eigenvalue weighted by molar-refractivity contribution is 9.10. The summed E-state index contributed by atoms with van der Waals surface area (Å²) in [6, 6.07) is 4.52. The monoisotopic (exact) mass is 373 g/mol. The molecule has 1 aromatic rings. The molecule has 6 nitrogen and oxygen atoms in total. The number of amides is 3. The zero-order valence-electron chi connectivity index (χ0n) is 11.6. The second kappa shape index (κ2) is 7.94. The Kier molecular flexibility index (Phi) is 6.57. The number of halogens is 1. The predicted octanol–water partition coefficient (Wildman–Crippen LogP) is 1.70. The van der Waals surface area contributed by atoms with E-state index in [0.29, 0.717) is 17.9 Å². The van der Waals surface area contributed by atoms with E-state index in [1.807, 2.05) is 0 Å². The molecule has 0 saturated heterocycles. The maximum Gasteiger partial charge on any atom is 0.321 e. The Balaban J connectivity index is 2.79. The molecule has 21 heavy (non-hydrogen) atoms. The first kappa shape index (κ1) is 17.4. The molecule has 1 aromatic carbocycles. The topological polar surface area (TPSA) is 93.5 Å². The van der Waals surface area contributed by atoms with Gasteiger partial charge < -0.3 is 15.8 Å². The minimum atomic E-state index is -0.873. The number of carbonyl (C=O) groups is 2. The Morgan fingerprint density at radius 3 is 2.71 bits per heavy atom. The molecule has 1 rings (SSSR count). The Bertz CT molecular complexity index is 566. The lowest BCUT2D eigenvalue weighted by Crippen LogP contribution is -2.45. The first-order valence-corrected chi connectivity index (χ1v) is 7.40. The van der Waals surface area contributed by atoms with Gasteiger partial charge in [0.25, 0.3) is 5.91 Å². The zero-order valence-corrected chi connectivity index (χ0v) is 14.0. The SMILES string of the molecule is CCNC(=O)NC(=O)C(C)Oc1ccc(Br)cc1C(N)=S. The normalized spacial score (nSPS) is 11.4. The zero-order chi connectivity index (χ0) is 16.0. The van der Waals surface area contributed by atoms with Gasteiger partial charge in [-0.1, -0.05) is 28.1 Å². The van der Waals surface area contributed by atoms with Crippen LogP contribution in [0.15, 0.2) is 22.7 Å². The third-order valence-electron chi connectivity index (χ3n) is 2.45. The van der Waals surface area contributed by atoms with E-state index in [2.05, 4.69) is 26.6 Å². The Morgan fingerprint density at radius 2 is 2.14 bits per heavy atom. The van der Waals surface area contributed by atoms with Gasteiger partial charge in [-0.3, -0.25) is 10.1 Å². The summed E-state index contributed by atoms with van der Waals surface area (Å²) in [5.74, 6) is -0.179. The molecule has 0 aliphatic rings. The summed E-state index contributed by atoms with van der Waals surface area (Å²) in [5.41, 5.74) is 6.13. The lowest BCUT2D eigenvalue weighted by Gasteiger charge is -2.16. The molecule has 0 fully saturated rings. The number of carbonyl (C=O) groups excluding carboxylic acids is 2. The number of nitrogens with one attached hydrogen (secondary N) is 2. The number of urea groups is 1. The van der Waals surface area contributed by atoms with E-state index >= 15 is 0 Å². The molecule has 0 heterocycles. The van der Waals surface area contributed by atoms with Crippen molar-refractivity contribution >= 4 is 45.1 Å². The van der Waals surface area contributed by atoms with E-state index in [1.54, 1.807) is 25.1 Å². The molecule has 4 N–H and O–H groups in total. The van der Waals surface area contributed by atoms with Gasteiger partial charge in [-0.2, -0.15) is 0 Å². The molecule has 0 aliphatic carbocycles. The fourth-order valence-corrected chi connectivity index (χ4v) is 1.98. The second-order valence-electron chi connectivity index (χ2n) is 4.11. The first-order valence-electron chi connectivity index (χ1n) is 6.19. The molecule has 0 spiro atoms. The number of rotatable bonds is 5. The molecule has 114 valence electrons. The van der Waals surface area contributed by atoms with Crippen LogP contribution in [0.2, 0.25) is 0 Å². The van der Waals surface area contributed by atoms with Crippen LogP contribution in [0.5, 0.6) is 5.75 Å². The van der Waals surface area contributed by atoms with Crippen molar-refractivity contribution < 1.29 is 14.3 Å². The van der Waals surface area contributed by atoms with Gasteiger partial charge in [-0.25, -0.2) is 4.79 Å². The molecule has 0 saturated carbocycles. The molecule has 0 radical (unpaired) electrons. The van der Waals surface area contributed by atoms with Gasteiger partial charge in [0.2, 0.25) is 0 Å². The van der Waals surface area contributed by atoms with Crippen molar-refractivity contribution in [3.63, 3.8) is 0 Å². The largest absolute Gasteiger partial charge is 0.480 e. The molecule has 0 aliphatic heterocycles. The number of ether oxygens (including phenoxy) is 1. The van der Waals surface area contributed by atoms with Crippen LogP contribution in [-0.4, -0.2) is 29.6 Å². The van der Waals surface area contributed by atoms with Crippen molar-refractivity contribution in [3.05, 3.63) is 28.2 Å². The van der Waals surface area contributed by atoms with Gasteiger partial charge in [-0.05, 0) is 32.0 Å². The van der Waals surface area contributed by atoms with Gasteiger partial charge in [0, 0.05) is 11.0 Å². The van der Waals surface area contributed by atoms with E-state index in [-0.39, 0.29) is 4.99 Å².